The smallest absolute Gasteiger partial charge is 0.255 e. The summed E-state index contributed by atoms with van der Waals surface area (Å²) in [7, 11) is 0. The molecule has 0 fully saturated rings. The van der Waals surface area contributed by atoms with Gasteiger partial charge in [-0.05, 0) is 37.6 Å². The third kappa shape index (κ3) is 4.00. The quantitative estimate of drug-likeness (QED) is 0.671. The predicted octanol–water partition coefficient (Wildman–Crippen LogP) is 4.83. The Kier molecular flexibility index (Phi) is 5.05. The molecule has 3 aromatic rings. The second kappa shape index (κ2) is 7.40. The predicted molar refractivity (Wildman–Crippen MR) is 101 cm³/mol. The van der Waals surface area contributed by atoms with Gasteiger partial charge in [-0.15, -0.1) is 11.3 Å². The molecule has 1 amide bonds. The number of nitrogens with zero attached hydrogens (tertiary/aromatic N) is 1. The lowest BCUT2D eigenvalue weighted by molar-refractivity contribution is 0.101. The van der Waals surface area contributed by atoms with Crippen molar-refractivity contribution >= 4 is 28.7 Å². The summed E-state index contributed by atoms with van der Waals surface area (Å²) in [6, 6.07) is 14.3. The summed E-state index contributed by atoms with van der Waals surface area (Å²) in [6.45, 7) is 3.58. The molecule has 4 nitrogen and oxygen atoms in total. The first kappa shape index (κ1) is 17.0. The molecule has 0 bridgehead atoms. The van der Waals surface area contributed by atoms with Crippen LogP contribution in [0.2, 0.25) is 0 Å². The first-order chi connectivity index (χ1) is 12.1. The number of Topliss-reactive ketones (excluding diaryl/α,β-unsaturated/α-hetero) is 1. The monoisotopic (exact) mass is 350 g/mol. The van der Waals surface area contributed by atoms with Crippen molar-refractivity contribution in [3.05, 3.63) is 70.0 Å². The summed E-state index contributed by atoms with van der Waals surface area (Å²) in [5.74, 6) is -0.241. The Morgan fingerprint density at radius 1 is 1.08 bits per heavy atom. The lowest BCUT2D eigenvalue weighted by Gasteiger charge is -2.07. The summed E-state index contributed by atoms with van der Waals surface area (Å²) < 4.78 is 0. The van der Waals surface area contributed by atoms with E-state index in [9.17, 15) is 9.59 Å². The Hall–Kier alpha value is -2.79. The van der Waals surface area contributed by atoms with Crippen molar-refractivity contribution in [1.29, 1.82) is 0 Å². The molecule has 0 aliphatic rings. The number of anilines is 1. The van der Waals surface area contributed by atoms with E-state index in [-0.39, 0.29) is 11.7 Å². The molecule has 5 heteroatoms. The number of hydrogen-bond acceptors (Lipinski definition) is 4. The van der Waals surface area contributed by atoms with Gasteiger partial charge in [-0.25, -0.2) is 4.98 Å². The van der Waals surface area contributed by atoms with Crippen LogP contribution in [0.3, 0.4) is 0 Å². The maximum Gasteiger partial charge on any atom is 0.255 e. The lowest BCUT2D eigenvalue weighted by Crippen LogP contribution is -2.12. The van der Waals surface area contributed by atoms with Gasteiger partial charge in [-0.1, -0.05) is 31.2 Å². The normalized spacial score (nSPS) is 10.5. The van der Waals surface area contributed by atoms with Crippen LogP contribution in [-0.2, 0) is 6.42 Å². The number of carbonyl (C=O) groups is 2. The molecule has 1 heterocycles. The van der Waals surface area contributed by atoms with Crippen molar-refractivity contribution in [1.82, 2.24) is 4.98 Å². The largest absolute Gasteiger partial charge is 0.322 e. The first-order valence-electron chi connectivity index (χ1n) is 8.04. The fourth-order valence-electron chi connectivity index (χ4n) is 2.42. The number of carbonyl (C=O) groups excluding carboxylic acids is 2. The lowest BCUT2D eigenvalue weighted by atomic mass is 10.1. The molecule has 0 atom stereocenters. The van der Waals surface area contributed by atoms with E-state index in [1.54, 1.807) is 47.7 Å². The van der Waals surface area contributed by atoms with E-state index in [1.807, 2.05) is 17.5 Å². The SMILES string of the molecule is CCc1nc(-c2ccc(C(=O)Nc3cccc(C(C)=O)c3)cc2)cs1. The van der Waals surface area contributed by atoms with Crippen molar-refractivity contribution in [3.63, 3.8) is 0 Å². The molecule has 1 aromatic heterocycles. The summed E-state index contributed by atoms with van der Waals surface area (Å²) in [5.41, 5.74) is 3.66. The fourth-order valence-corrected chi connectivity index (χ4v) is 3.17. The Morgan fingerprint density at radius 2 is 1.84 bits per heavy atom. The van der Waals surface area contributed by atoms with Gasteiger partial charge in [-0.3, -0.25) is 9.59 Å². The van der Waals surface area contributed by atoms with E-state index >= 15 is 0 Å². The van der Waals surface area contributed by atoms with Crippen molar-refractivity contribution in [2.75, 3.05) is 5.32 Å². The number of amides is 1. The standard InChI is InChI=1S/C20H18N2O2S/c1-3-19-22-18(12-25-19)14-7-9-15(10-8-14)20(24)21-17-6-4-5-16(11-17)13(2)23/h4-12H,3H2,1-2H3,(H,21,24). The summed E-state index contributed by atoms with van der Waals surface area (Å²) >= 11 is 1.64. The highest BCUT2D eigenvalue weighted by atomic mass is 32.1. The van der Waals surface area contributed by atoms with Crippen LogP contribution < -0.4 is 5.32 Å². The Labute approximate surface area is 150 Å². The molecule has 0 saturated heterocycles. The summed E-state index contributed by atoms with van der Waals surface area (Å²) in [6.07, 6.45) is 0.921. The van der Waals surface area contributed by atoms with Crippen LogP contribution >= 0.6 is 11.3 Å². The molecule has 0 aliphatic carbocycles. The number of thiazole rings is 1. The van der Waals surface area contributed by atoms with E-state index in [0.29, 0.717) is 16.8 Å². The number of aryl methyl sites for hydroxylation is 1. The van der Waals surface area contributed by atoms with E-state index in [4.69, 9.17) is 0 Å². The van der Waals surface area contributed by atoms with Crippen LogP contribution in [0.1, 0.15) is 39.6 Å². The summed E-state index contributed by atoms with van der Waals surface area (Å²) in [5, 5.41) is 5.95. The second-order valence-electron chi connectivity index (χ2n) is 5.65. The average molecular weight is 350 g/mol. The van der Waals surface area contributed by atoms with E-state index in [1.165, 1.54) is 6.92 Å². The minimum atomic E-state index is -0.209. The topological polar surface area (TPSA) is 59.1 Å². The zero-order valence-electron chi connectivity index (χ0n) is 14.1. The average Bonchev–Trinajstić information content (AvgIpc) is 3.11. The van der Waals surface area contributed by atoms with Crippen LogP contribution in [-0.4, -0.2) is 16.7 Å². The number of benzene rings is 2. The van der Waals surface area contributed by atoms with Gasteiger partial charge in [-0.2, -0.15) is 0 Å². The van der Waals surface area contributed by atoms with Crippen molar-refractivity contribution in [2.45, 2.75) is 20.3 Å². The number of nitrogens with one attached hydrogen (secondary N) is 1. The second-order valence-corrected chi connectivity index (χ2v) is 6.59. The van der Waals surface area contributed by atoms with Gasteiger partial charge in [0.2, 0.25) is 0 Å². The minimum absolute atomic E-state index is 0.0323. The molecule has 0 aliphatic heterocycles. The number of ketones is 1. The van der Waals surface area contributed by atoms with Crippen LogP contribution in [0, 0.1) is 0 Å². The van der Waals surface area contributed by atoms with Crippen molar-refractivity contribution in [2.24, 2.45) is 0 Å². The molecule has 25 heavy (non-hydrogen) atoms. The highest BCUT2D eigenvalue weighted by Crippen LogP contribution is 2.23. The summed E-state index contributed by atoms with van der Waals surface area (Å²) in [4.78, 5) is 28.4. The van der Waals surface area contributed by atoms with Crippen LogP contribution in [0.25, 0.3) is 11.3 Å². The zero-order chi connectivity index (χ0) is 17.8. The third-order valence-corrected chi connectivity index (χ3v) is 4.82. The zero-order valence-corrected chi connectivity index (χ0v) is 14.9. The van der Waals surface area contributed by atoms with Crippen molar-refractivity contribution in [3.8, 4) is 11.3 Å². The number of rotatable bonds is 5. The minimum Gasteiger partial charge on any atom is -0.322 e. The van der Waals surface area contributed by atoms with Crippen LogP contribution in [0.15, 0.2) is 53.9 Å². The van der Waals surface area contributed by atoms with E-state index in [0.717, 1.165) is 22.7 Å². The van der Waals surface area contributed by atoms with Crippen LogP contribution in [0.5, 0.6) is 0 Å². The van der Waals surface area contributed by atoms with E-state index < -0.39 is 0 Å². The van der Waals surface area contributed by atoms with Crippen LogP contribution in [0.4, 0.5) is 5.69 Å². The molecule has 0 radical (unpaired) electrons. The Morgan fingerprint density at radius 3 is 2.48 bits per heavy atom. The molecular weight excluding hydrogens is 332 g/mol. The van der Waals surface area contributed by atoms with Gasteiger partial charge >= 0.3 is 0 Å². The Bertz CT molecular complexity index is 913. The van der Waals surface area contributed by atoms with Gasteiger partial charge in [0.15, 0.2) is 5.78 Å². The molecule has 0 unspecified atom stereocenters. The van der Waals surface area contributed by atoms with Gasteiger partial charge in [0, 0.05) is 27.8 Å². The molecular formula is C20H18N2O2S. The molecule has 1 N–H and O–H groups in total. The molecule has 0 spiro atoms. The molecule has 3 rings (SSSR count). The van der Waals surface area contributed by atoms with Crippen molar-refractivity contribution < 1.29 is 9.59 Å². The molecule has 0 saturated carbocycles. The number of aromatic nitrogens is 1. The highest BCUT2D eigenvalue weighted by molar-refractivity contribution is 7.09. The third-order valence-electron chi connectivity index (χ3n) is 3.82. The van der Waals surface area contributed by atoms with Gasteiger partial charge in [0.25, 0.3) is 5.91 Å². The van der Waals surface area contributed by atoms with Gasteiger partial charge in [0.1, 0.15) is 0 Å². The highest BCUT2D eigenvalue weighted by Gasteiger charge is 2.09. The number of hydrogen-bond donors (Lipinski definition) is 1. The molecule has 126 valence electrons. The maximum atomic E-state index is 12.4. The first-order valence-corrected chi connectivity index (χ1v) is 8.92. The van der Waals surface area contributed by atoms with Gasteiger partial charge < -0.3 is 5.32 Å². The van der Waals surface area contributed by atoms with E-state index in [2.05, 4.69) is 17.2 Å². The maximum absolute atomic E-state index is 12.4. The fraction of sp³-hybridized carbons (Fsp3) is 0.150. The molecule has 2 aromatic carbocycles. The Balaban J connectivity index is 1.74. The van der Waals surface area contributed by atoms with Gasteiger partial charge in [0.05, 0.1) is 10.7 Å².